The highest BCUT2D eigenvalue weighted by Crippen LogP contribution is 2.37. The van der Waals surface area contributed by atoms with Crippen molar-refractivity contribution in [2.45, 2.75) is 32.4 Å². The number of β-amino-alcohol motifs (C(OH)–C–C–N with tert-alkyl or cyclic N) is 1. The van der Waals surface area contributed by atoms with Crippen molar-refractivity contribution in [1.82, 2.24) is 14.4 Å². The molecule has 1 N–H and O–H groups in total. The first-order valence-electron chi connectivity index (χ1n) is 12.6. The Morgan fingerprint density at radius 2 is 1.97 bits per heavy atom. The van der Waals surface area contributed by atoms with Crippen LogP contribution in [0.25, 0.3) is 17.0 Å². The molecule has 3 fully saturated rings. The van der Waals surface area contributed by atoms with Crippen LogP contribution in [0.4, 0.5) is 5.69 Å². The molecule has 1 atom stereocenters. The smallest absolute Gasteiger partial charge is 0.266 e. The van der Waals surface area contributed by atoms with Gasteiger partial charge >= 0.3 is 0 Å². The van der Waals surface area contributed by atoms with E-state index in [1.165, 1.54) is 11.8 Å². The SMILES string of the molecule is CCn1c(=O)c(C=C2SC(=S)N(CC3CCCO3)C2=O)c(N2CCN(CCO)CC2)c2ccccc21. The number of para-hydroxylation sites is 1. The van der Waals surface area contributed by atoms with Crippen molar-refractivity contribution in [3.63, 3.8) is 0 Å². The fourth-order valence-electron chi connectivity index (χ4n) is 5.31. The summed E-state index contributed by atoms with van der Waals surface area (Å²) in [6, 6.07) is 7.98. The van der Waals surface area contributed by atoms with Gasteiger partial charge in [-0.25, -0.2) is 0 Å². The van der Waals surface area contributed by atoms with Crippen LogP contribution < -0.4 is 10.5 Å². The zero-order valence-corrected chi connectivity index (χ0v) is 22.2. The molecule has 0 bridgehead atoms. The van der Waals surface area contributed by atoms with Gasteiger partial charge in [0.25, 0.3) is 11.5 Å². The van der Waals surface area contributed by atoms with Gasteiger partial charge in [-0.3, -0.25) is 19.4 Å². The number of thioether (sulfide) groups is 1. The quantitative estimate of drug-likeness (QED) is 0.434. The number of piperazine rings is 1. The van der Waals surface area contributed by atoms with Crippen molar-refractivity contribution < 1.29 is 14.6 Å². The Kier molecular flexibility index (Phi) is 7.78. The molecule has 1 aromatic heterocycles. The van der Waals surface area contributed by atoms with E-state index in [2.05, 4.69) is 15.9 Å². The minimum atomic E-state index is -0.158. The number of carbonyl (C=O) groups is 1. The largest absolute Gasteiger partial charge is 0.395 e. The van der Waals surface area contributed by atoms with E-state index in [-0.39, 0.29) is 24.2 Å². The van der Waals surface area contributed by atoms with Crippen LogP contribution in [-0.2, 0) is 16.1 Å². The van der Waals surface area contributed by atoms with Gasteiger partial charge in [-0.05, 0) is 31.9 Å². The Bertz CT molecular complexity index is 1250. The van der Waals surface area contributed by atoms with E-state index in [9.17, 15) is 14.7 Å². The molecule has 4 heterocycles. The lowest BCUT2D eigenvalue weighted by atomic mass is 10.0. The summed E-state index contributed by atoms with van der Waals surface area (Å²) in [6.45, 7) is 7.53. The van der Waals surface area contributed by atoms with E-state index in [0.717, 1.165) is 62.2 Å². The highest BCUT2D eigenvalue weighted by molar-refractivity contribution is 8.26. The van der Waals surface area contributed by atoms with Gasteiger partial charge < -0.3 is 19.3 Å². The molecule has 1 aromatic carbocycles. The van der Waals surface area contributed by atoms with E-state index in [0.29, 0.717) is 34.4 Å². The lowest BCUT2D eigenvalue weighted by Crippen LogP contribution is -2.48. The second kappa shape index (κ2) is 11.0. The van der Waals surface area contributed by atoms with Gasteiger partial charge in [0.05, 0.1) is 40.9 Å². The van der Waals surface area contributed by atoms with Crippen molar-refractivity contribution >= 4 is 56.9 Å². The van der Waals surface area contributed by atoms with Crippen molar-refractivity contribution in [2.24, 2.45) is 0 Å². The number of thiocarbonyl (C=S) groups is 1. The summed E-state index contributed by atoms with van der Waals surface area (Å²) in [5.41, 5.74) is 2.19. The molecule has 1 unspecified atom stereocenters. The Morgan fingerprint density at radius 3 is 2.67 bits per heavy atom. The molecular weight excluding hydrogens is 496 g/mol. The van der Waals surface area contributed by atoms with Crippen molar-refractivity contribution in [3.8, 4) is 0 Å². The molecule has 5 rings (SSSR count). The van der Waals surface area contributed by atoms with Crippen LogP contribution in [0.5, 0.6) is 0 Å². The number of aliphatic hydroxyl groups is 1. The molecule has 2 aromatic rings. The van der Waals surface area contributed by atoms with Crippen molar-refractivity contribution in [2.75, 3.05) is 57.4 Å². The number of ether oxygens (including phenoxy) is 1. The Hall–Kier alpha value is -2.24. The number of anilines is 1. The summed E-state index contributed by atoms with van der Waals surface area (Å²) in [4.78, 5) is 33.8. The maximum atomic E-state index is 13.8. The highest BCUT2D eigenvalue weighted by atomic mass is 32.2. The lowest BCUT2D eigenvalue weighted by Gasteiger charge is -2.37. The number of aliphatic hydroxyl groups excluding tert-OH is 1. The molecule has 0 spiro atoms. The van der Waals surface area contributed by atoms with Crippen LogP contribution in [0.2, 0.25) is 0 Å². The van der Waals surface area contributed by atoms with Gasteiger partial charge in [-0.1, -0.05) is 42.2 Å². The summed E-state index contributed by atoms with van der Waals surface area (Å²) in [5.74, 6) is -0.158. The van der Waals surface area contributed by atoms with Crippen LogP contribution in [-0.4, -0.2) is 88.3 Å². The number of pyridine rings is 1. The molecule has 0 aliphatic carbocycles. The van der Waals surface area contributed by atoms with E-state index in [4.69, 9.17) is 17.0 Å². The average molecular weight is 529 g/mol. The molecule has 10 heteroatoms. The number of amides is 1. The predicted octanol–water partition coefficient (Wildman–Crippen LogP) is 2.52. The number of nitrogens with zero attached hydrogens (tertiary/aromatic N) is 4. The first kappa shape index (κ1) is 25.4. The molecule has 3 aliphatic heterocycles. The number of aryl methyl sites for hydroxylation is 1. The topological polar surface area (TPSA) is 78.2 Å². The average Bonchev–Trinajstić information content (AvgIpc) is 3.49. The maximum absolute atomic E-state index is 13.8. The van der Waals surface area contributed by atoms with Gasteiger partial charge in [-0.2, -0.15) is 0 Å². The molecule has 0 saturated carbocycles. The second-order valence-corrected chi connectivity index (χ2v) is 11.0. The standard InChI is InChI=1S/C26H32N4O4S2/c1-2-29-21-8-4-3-7-19(21)23(28-11-9-27(10-12-28)13-14-31)20(24(29)32)16-22-25(33)30(26(35)36-22)17-18-6-5-15-34-18/h3-4,7-8,16,18,31H,2,5-6,9-15,17H2,1H3. The van der Waals surface area contributed by atoms with Gasteiger partial charge in [0.15, 0.2) is 0 Å². The summed E-state index contributed by atoms with van der Waals surface area (Å²) in [5, 5.41) is 10.3. The Morgan fingerprint density at radius 1 is 1.19 bits per heavy atom. The lowest BCUT2D eigenvalue weighted by molar-refractivity contribution is -0.123. The van der Waals surface area contributed by atoms with Gasteiger partial charge in [0.1, 0.15) is 4.32 Å². The Balaban J connectivity index is 1.57. The third-order valence-corrected chi connectivity index (χ3v) is 8.54. The second-order valence-electron chi connectivity index (χ2n) is 9.31. The van der Waals surface area contributed by atoms with E-state index >= 15 is 0 Å². The molecule has 3 saturated heterocycles. The number of rotatable bonds is 7. The zero-order chi connectivity index (χ0) is 25.2. The minimum Gasteiger partial charge on any atom is -0.395 e. The molecule has 8 nitrogen and oxygen atoms in total. The summed E-state index contributed by atoms with van der Waals surface area (Å²) in [7, 11) is 0. The highest BCUT2D eigenvalue weighted by Gasteiger charge is 2.35. The van der Waals surface area contributed by atoms with Crippen molar-refractivity contribution in [1.29, 1.82) is 0 Å². The van der Waals surface area contributed by atoms with Crippen LogP contribution >= 0.6 is 24.0 Å². The van der Waals surface area contributed by atoms with Gasteiger partial charge in [-0.15, -0.1) is 0 Å². The summed E-state index contributed by atoms with van der Waals surface area (Å²) >= 11 is 6.81. The Labute approximate surface area is 220 Å². The van der Waals surface area contributed by atoms with E-state index in [1.54, 1.807) is 15.5 Å². The molecule has 0 radical (unpaired) electrons. The minimum absolute atomic E-state index is 0.00983. The number of fused-ring (bicyclic) bond motifs is 1. The maximum Gasteiger partial charge on any atom is 0.266 e. The molecule has 1 amide bonds. The first-order valence-corrected chi connectivity index (χ1v) is 13.8. The monoisotopic (exact) mass is 528 g/mol. The number of hydrogen-bond donors (Lipinski definition) is 1. The molecular formula is C26H32N4O4S2. The first-order chi connectivity index (χ1) is 17.5. The third-order valence-electron chi connectivity index (χ3n) is 7.16. The molecule has 192 valence electrons. The number of benzene rings is 1. The van der Waals surface area contributed by atoms with E-state index < -0.39 is 0 Å². The zero-order valence-electron chi connectivity index (χ0n) is 20.5. The molecule has 3 aliphatic rings. The third kappa shape index (κ3) is 4.84. The van der Waals surface area contributed by atoms with Crippen LogP contribution in [0, 0.1) is 0 Å². The summed E-state index contributed by atoms with van der Waals surface area (Å²) < 4.78 is 8.01. The summed E-state index contributed by atoms with van der Waals surface area (Å²) in [6.07, 6.45) is 3.69. The van der Waals surface area contributed by atoms with Crippen LogP contribution in [0.15, 0.2) is 34.0 Å². The number of aromatic nitrogens is 1. The van der Waals surface area contributed by atoms with Gasteiger partial charge in [0, 0.05) is 51.3 Å². The molecule has 36 heavy (non-hydrogen) atoms. The van der Waals surface area contributed by atoms with Crippen molar-refractivity contribution in [3.05, 3.63) is 45.1 Å². The number of carbonyl (C=O) groups excluding carboxylic acids is 1. The fourth-order valence-corrected chi connectivity index (χ4v) is 6.57. The van der Waals surface area contributed by atoms with E-state index in [1.807, 2.05) is 25.1 Å². The number of hydrogen-bond acceptors (Lipinski definition) is 8. The fraction of sp³-hybridized carbons (Fsp3) is 0.500. The predicted molar refractivity (Wildman–Crippen MR) is 148 cm³/mol. The van der Waals surface area contributed by atoms with Crippen LogP contribution in [0.1, 0.15) is 25.3 Å². The van der Waals surface area contributed by atoms with Gasteiger partial charge in [0.2, 0.25) is 0 Å². The van der Waals surface area contributed by atoms with Crippen LogP contribution in [0.3, 0.4) is 0 Å². The normalized spacial score (nSPS) is 22.5.